The quantitative estimate of drug-likeness (QED) is 0.722. The summed E-state index contributed by atoms with van der Waals surface area (Å²) in [5.41, 5.74) is 0.839. The maximum Gasteiger partial charge on any atom is 0.261 e. The lowest BCUT2D eigenvalue weighted by molar-refractivity contribution is 0.0563. The number of hydrogen-bond donors (Lipinski definition) is 1. The fourth-order valence-corrected chi connectivity index (χ4v) is 1.67. The van der Waals surface area contributed by atoms with Crippen molar-refractivity contribution in [2.24, 2.45) is 0 Å². The summed E-state index contributed by atoms with van der Waals surface area (Å²) in [4.78, 5) is 24.6. The lowest BCUT2D eigenvalue weighted by atomic mass is 10.1. The summed E-state index contributed by atoms with van der Waals surface area (Å²) in [7, 11) is 0. The second-order valence-corrected chi connectivity index (χ2v) is 3.62. The van der Waals surface area contributed by atoms with E-state index in [9.17, 15) is 14.7 Å². The highest BCUT2D eigenvalue weighted by molar-refractivity contribution is 6.21. The molecule has 0 aliphatic carbocycles. The Morgan fingerprint density at radius 1 is 1.20 bits per heavy atom. The third-order valence-corrected chi connectivity index (χ3v) is 2.32. The molecule has 4 nitrogen and oxygen atoms in total. The molecule has 2 rings (SSSR count). The molecule has 0 spiro atoms. The van der Waals surface area contributed by atoms with Crippen molar-refractivity contribution < 1.29 is 14.7 Å². The monoisotopic (exact) mass is 205 g/mol. The zero-order valence-corrected chi connectivity index (χ0v) is 8.30. The number of rotatable bonds is 2. The maximum atomic E-state index is 11.7. The highest BCUT2D eigenvalue weighted by atomic mass is 16.3. The zero-order chi connectivity index (χ0) is 11.0. The number of aliphatic hydroxyl groups is 1. The summed E-state index contributed by atoms with van der Waals surface area (Å²) in [6, 6.07) is 6.68. The molecule has 4 heteroatoms. The number of benzene rings is 1. The largest absolute Gasteiger partial charge is 0.392 e. The average molecular weight is 205 g/mol. The molecular formula is C11H11NO3. The maximum absolute atomic E-state index is 11.7. The smallest absolute Gasteiger partial charge is 0.261 e. The van der Waals surface area contributed by atoms with Crippen molar-refractivity contribution in [2.45, 2.75) is 13.0 Å². The number of aliphatic hydroxyl groups excluding tert-OH is 1. The number of amides is 2. The number of imide groups is 1. The summed E-state index contributed by atoms with van der Waals surface area (Å²) in [5.74, 6) is -0.645. The summed E-state index contributed by atoms with van der Waals surface area (Å²) < 4.78 is 0. The van der Waals surface area contributed by atoms with E-state index in [0.29, 0.717) is 11.1 Å². The van der Waals surface area contributed by atoms with Crippen LogP contribution in [-0.2, 0) is 0 Å². The summed E-state index contributed by atoms with van der Waals surface area (Å²) in [6.07, 6.45) is -0.702. The summed E-state index contributed by atoms with van der Waals surface area (Å²) in [6.45, 7) is 1.59. The van der Waals surface area contributed by atoms with Crippen molar-refractivity contribution in [3.8, 4) is 0 Å². The van der Waals surface area contributed by atoms with E-state index >= 15 is 0 Å². The van der Waals surface area contributed by atoms with E-state index in [1.54, 1.807) is 31.2 Å². The van der Waals surface area contributed by atoms with E-state index in [1.807, 2.05) is 0 Å². The first-order valence-corrected chi connectivity index (χ1v) is 4.74. The molecule has 0 aromatic heterocycles. The van der Waals surface area contributed by atoms with Gasteiger partial charge >= 0.3 is 0 Å². The molecule has 0 bridgehead atoms. The van der Waals surface area contributed by atoms with Gasteiger partial charge in [0.15, 0.2) is 0 Å². The van der Waals surface area contributed by atoms with Gasteiger partial charge in [-0.25, -0.2) is 0 Å². The predicted molar refractivity (Wildman–Crippen MR) is 53.5 cm³/mol. The summed E-state index contributed by atoms with van der Waals surface area (Å²) in [5, 5.41) is 9.18. The first-order chi connectivity index (χ1) is 7.11. The van der Waals surface area contributed by atoms with Gasteiger partial charge in [0.25, 0.3) is 11.8 Å². The van der Waals surface area contributed by atoms with E-state index < -0.39 is 6.10 Å². The Hall–Kier alpha value is -1.68. The topological polar surface area (TPSA) is 57.6 Å². The standard InChI is InChI=1S/C11H11NO3/c1-7(13)6-12-10(14)8-4-2-3-5-9(8)11(12)15/h2-5,7,13H,6H2,1H3. The second-order valence-electron chi connectivity index (χ2n) is 3.62. The number of fused-ring (bicyclic) bond motifs is 1. The van der Waals surface area contributed by atoms with Gasteiger partial charge in [-0.15, -0.1) is 0 Å². The van der Waals surface area contributed by atoms with Crippen molar-refractivity contribution in [3.05, 3.63) is 35.4 Å². The molecule has 1 aliphatic rings. The van der Waals surface area contributed by atoms with Gasteiger partial charge in [0, 0.05) is 0 Å². The minimum absolute atomic E-state index is 0.0480. The molecule has 1 atom stereocenters. The first kappa shape index (κ1) is 9.86. The van der Waals surface area contributed by atoms with Gasteiger partial charge in [-0.3, -0.25) is 14.5 Å². The Balaban J connectivity index is 2.37. The van der Waals surface area contributed by atoms with Crippen LogP contribution in [0.5, 0.6) is 0 Å². The van der Waals surface area contributed by atoms with Gasteiger partial charge in [0.1, 0.15) is 0 Å². The lowest BCUT2D eigenvalue weighted by Crippen LogP contribution is -2.35. The van der Waals surface area contributed by atoms with Crippen LogP contribution in [0.4, 0.5) is 0 Å². The van der Waals surface area contributed by atoms with E-state index in [2.05, 4.69) is 0 Å². The van der Waals surface area contributed by atoms with Crippen LogP contribution in [0, 0.1) is 0 Å². The van der Waals surface area contributed by atoms with E-state index in [4.69, 9.17) is 0 Å². The van der Waals surface area contributed by atoms with Gasteiger partial charge in [-0.2, -0.15) is 0 Å². The Kier molecular flexibility index (Phi) is 2.28. The lowest BCUT2D eigenvalue weighted by Gasteiger charge is -2.15. The van der Waals surface area contributed by atoms with Crippen molar-refractivity contribution in [1.82, 2.24) is 4.90 Å². The number of carbonyl (C=O) groups excluding carboxylic acids is 2. The van der Waals surface area contributed by atoms with Gasteiger partial charge in [-0.05, 0) is 19.1 Å². The highest BCUT2D eigenvalue weighted by Crippen LogP contribution is 2.22. The number of hydrogen-bond acceptors (Lipinski definition) is 3. The van der Waals surface area contributed by atoms with Gasteiger partial charge in [0.2, 0.25) is 0 Å². The molecule has 15 heavy (non-hydrogen) atoms. The van der Waals surface area contributed by atoms with Crippen molar-refractivity contribution in [3.63, 3.8) is 0 Å². The predicted octanol–water partition coefficient (Wildman–Crippen LogP) is 0.663. The van der Waals surface area contributed by atoms with Crippen LogP contribution in [0.1, 0.15) is 27.6 Å². The van der Waals surface area contributed by atoms with Crippen LogP contribution < -0.4 is 0 Å². The Bertz CT molecular complexity index is 391. The van der Waals surface area contributed by atoms with Crippen molar-refractivity contribution >= 4 is 11.8 Å². The van der Waals surface area contributed by atoms with Crippen LogP contribution in [-0.4, -0.2) is 34.5 Å². The van der Waals surface area contributed by atoms with Gasteiger partial charge < -0.3 is 5.11 Å². The Morgan fingerprint density at radius 3 is 2.07 bits per heavy atom. The Morgan fingerprint density at radius 2 is 1.67 bits per heavy atom. The fourth-order valence-electron chi connectivity index (χ4n) is 1.67. The molecule has 0 saturated carbocycles. The fraction of sp³-hybridized carbons (Fsp3) is 0.273. The van der Waals surface area contributed by atoms with Crippen LogP contribution in [0.2, 0.25) is 0 Å². The minimum Gasteiger partial charge on any atom is -0.392 e. The second kappa shape index (κ2) is 3.47. The minimum atomic E-state index is -0.702. The molecule has 0 fully saturated rings. The molecular weight excluding hydrogens is 194 g/mol. The normalized spacial score (nSPS) is 16.8. The van der Waals surface area contributed by atoms with Crippen LogP contribution in [0.25, 0.3) is 0 Å². The van der Waals surface area contributed by atoms with Gasteiger partial charge in [0.05, 0.1) is 23.8 Å². The molecule has 1 aromatic carbocycles. The first-order valence-electron chi connectivity index (χ1n) is 4.74. The van der Waals surface area contributed by atoms with E-state index in [-0.39, 0.29) is 18.4 Å². The molecule has 1 aromatic rings. The number of β-amino-alcohol motifs (C(OH)–C–C–N with tert-alkyl or cyclic N) is 1. The molecule has 2 amide bonds. The van der Waals surface area contributed by atoms with Gasteiger partial charge in [-0.1, -0.05) is 12.1 Å². The van der Waals surface area contributed by atoms with Crippen LogP contribution in [0.15, 0.2) is 24.3 Å². The molecule has 78 valence electrons. The molecule has 0 saturated heterocycles. The van der Waals surface area contributed by atoms with E-state index in [1.165, 1.54) is 0 Å². The molecule has 1 N–H and O–H groups in total. The van der Waals surface area contributed by atoms with Crippen LogP contribution >= 0.6 is 0 Å². The van der Waals surface area contributed by atoms with Crippen LogP contribution in [0.3, 0.4) is 0 Å². The highest BCUT2D eigenvalue weighted by Gasteiger charge is 2.35. The third-order valence-electron chi connectivity index (χ3n) is 2.32. The summed E-state index contributed by atoms with van der Waals surface area (Å²) >= 11 is 0. The third kappa shape index (κ3) is 1.53. The number of nitrogens with zero attached hydrogens (tertiary/aromatic N) is 1. The van der Waals surface area contributed by atoms with Crippen molar-refractivity contribution in [1.29, 1.82) is 0 Å². The molecule has 1 unspecified atom stereocenters. The van der Waals surface area contributed by atoms with E-state index in [0.717, 1.165) is 4.90 Å². The molecule has 1 heterocycles. The molecule has 1 aliphatic heterocycles. The SMILES string of the molecule is CC(O)CN1C(=O)c2ccccc2C1=O. The molecule has 0 radical (unpaired) electrons. The zero-order valence-electron chi connectivity index (χ0n) is 8.30. The average Bonchev–Trinajstić information content (AvgIpc) is 2.44. The Labute approximate surface area is 87.1 Å². The number of carbonyl (C=O) groups is 2. The van der Waals surface area contributed by atoms with Crippen molar-refractivity contribution in [2.75, 3.05) is 6.54 Å².